The second-order valence-corrected chi connectivity index (χ2v) is 11.7. The number of hydrogen-bond donors (Lipinski definition) is 2. The number of aliphatic hydroxyl groups is 1. The summed E-state index contributed by atoms with van der Waals surface area (Å²) in [6.07, 6.45) is 6.02. The minimum Gasteiger partial charge on any atom is -0.458 e. The first-order chi connectivity index (χ1) is 19.6. The van der Waals surface area contributed by atoms with Gasteiger partial charge in [0, 0.05) is 12.6 Å². The zero-order valence-corrected chi connectivity index (χ0v) is 27.0. The largest absolute Gasteiger partial charge is 0.458 e. The number of aromatic nitrogens is 2. The minimum absolute atomic E-state index is 0.162. The van der Waals surface area contributed by atoms with E-state index in [-0.39, 0.29) is 36.4 Å². The van der Waals surface area contributed by atoms with Gasteiger partial charge < -0.3 is 24.5 Å². The molecule has 1 amide bonds. The van der Waals surface area contributed by atoms with Gasteiger partial charge in [-0.1, -0.05) is 74.3 Å². The summed E-state index contributed by atoms with van der Waals surface area (Å²) >= 11 is 0. The molecule has 0 radical (unpaired) electrons. The predicted octanol–water partition coefficient (Wildman–Crippen LogP) is 6.72. The fourth-order valence-electron chi connectivity index (χ4n) is 6.78. The number of amides is 1. The second-order valence-electron chi connectivity index (χ2n) is 11.7. The van der Waals surface area contributed by atoms with Crippen molar-refractivity contribution in [3.8, 4) is 0 Å². The standard InChI is InChI=1S/C29H43N3O5.2C2H6/c1-6-8-21(9-7-2)32-23-11-10-19(15-30-27(34)17-36-18-33)12-22(23)31-26(32)16-37-25-14-20-13-24(28(20,3)4)29(25,5)35;2*1-2/h10-12,18,20-21,24-25,35H,6-9,13-17H2,1-5H3,(H,30,34);2*1-2H3. The molecule has 5 rings (SSSR count). The number of nitrogens with one attached hydrogen (secondary N) is 1. The van der Waals surface area contributed by atoms with Crippen molar-refractivity contribution in [2.75, 3.05) is 6.61 Å². The average Bonchev–Trinajstić information content (AvgIpc) is 3.33. The Morgan fingerprint density at radius 3 is 2.37 bits per heavy atom. The van der Waals surface area contributed by atoms with Crippen LogP contribution in [0.25, 0.3) is 11.0 Å². The molecule has 4 unspecified atom stereocenters. The number of imidazole rings is 1. The van der Waals surface area contributed by atoms with Crippen molar-refractivity contribution >= 4 is 23.4 Å². The Balaban J connectivity index is 0.00000141. The summed E-state index contributed by atoms with van der Waals surface area (Å²) in [5.41, 5.74) is 2.16. The molecule has 3 aliphatic carbocycles. The van der Waals surface area contributed by atoms with E-state index in [1.807, 2.05) is 46.8 Å². The maximum Gasteiger partial charge on any atom is 0.293 e. The lowest BCUT2D eigenvalue weighted by Crippen LogP contribution is -2.66. The van der Waals surface area contributed by atoms with Crippen LogP contribution >= 0.6 is 0 Å². The number of ether oxygens (including phenoxy) is 2. The monoisotopic (exact) mass is 573 g/mol. The smallest absolute Gasteiger partial charge is 0.293 e. The molecule has 8 nitrogen and oxygen atoms in total. The lowest BCUT2D eigenvalue weighted by Gasteiger charge is -2.64. The van der Waals surface area contributed by atoms with Crippen molar-refractivity contribution in [3.63, 3.8) is 0 Å². The normalized spacial score (nSPS) is 23.9. The number of rotatable bonds is 13. The molecule has 0 aliphatic heterocycles. The van der Waals surface area contributed by atoms with Crippen LogP contribution in [0.5, 0.6) is 0 Å². The van der Waals surface area contributed by atoms with E-state index >= 15 is 0 Å². The van der Waals surface area contributed by atoms with Gasteiger partial charge in [-0.3, -0.25) is 9.59 Å². The minimum atomic E-state index is -0.847. The average molecular weight is 574 g/mol. The van der Waals surface area contributed by atoms with E-state index in [0.29, 0.717) is 25.1 Å². The van der Waals surface area contributed by atoms with Gasteiger partial charge in [0.2, 0.25) is 0 Å². The first kappa shape index (κ1) is 34.7. The highest BCUT2D eigenvalue weighted by atomic mass is 16.5. The maximum absolute atomic E-state index is 11.8. The predicted molar refractivity (Wildman–Crippen MR) is 164 cm³/mol. The molecular formula is C33H55N3O5. The van der Waals surface area contributed by atoms with Crippen molar-refractivity contribution in [1.29, 1.82) is 0 Å². The third kappa shape index (κ3) is 7.69. The molecule has 0 saturated heterocycles. The van der Waals surface area contributed by atoms with E-state index in [1.54, 1.807) is 0 Å². The van der Waals surface area contributed by atoms with Crippen molar-refractivity contribution in [1.82, 2.24) is 14.9 Å². The van der Waals surface area contributed by atoms with Crippen LogP contribution in [0, 0.1) is 17.3 Å². The molecule has 4 atom stereocenters. The molecule has 3 fully saturated rings. The number of carbonyl (C=O) groups is 2. The molecule has 2 aromatic rings. The molecule has 3 saturated carbocycles. The van der Waals surface area contributed by atoms with Crippen LogP contribution in [-0.2, 0) is 32.2 Å². The van der Waals surface area contributed by atoms with E-state index in [4.69, 9.17) is 9.72 Å². The first-order valence-corrected chi connectivity index (χ1v) is 15.8. The molecule has 1 aromatic heterocycles. The van der Waals surface area contributed by atoms with Crippen molar-refractivity contribution in [2.45, 2.75) is 132 Å². The van der Waals surface area contributed by atoms with Crippen molar-refractivity contribution < 1.29 is 24.2 Å². The van der Waals surface area contributed by atoms with E-state index < -0.39 is 5.60 Å². The summed E-state index contributed by atoms with van der Waals surface area (Å²) in [6, 6.07) is 6.40. The fraction of sp³-hybridized carbons (Fsp3) is 0.727. The quantitative estimate of drug-likeness (QED) is 0.258. The SMILES string of the molecule is CC.CC.CCCC(CCC)n1c(COC2CC3CC(C3(C)C)C2(C)O)nc2cc(CNC(=O)COC=O)ccc21. The van der Waals surface area contributed by atoms with Gasteiger partial charge in [0.15, 0.2) is 6.61 Å². The molecule has 2 N–H and O–H groups in total. The van der Waals surface area contributed by atoms with Crippen LogP contribution in [0.3, 0.4) is 0 Å². The summed E-state index contributed by atoms with van der Waals surface area (Å²) < 4.78 is 13.3. The molecule has 232 valence electrons. The Morgan fingerprint density at radius 2 is 1.80 bits per heavy atom. The Bertz CT molecular complexity index is 1100. The summed E-state index contributed by atoms with van der Waals surface area (Å²) in [7, 11) is 0. The highest BCUT2D eigenvalue weighted by Gasteiger charge is 2.63. The Hall–Kier alpha value is -2.45. The van der Waals surface area contributed by atoms with Gasteiger partial charge in [0.05, 0.1) is 22.7 Å². The number of nitrogens with zero attached hydrogens (tertiary/aromatic N) is 2. The fourth-order valence-corrected chi connectivity index (χ4v) is 6.78. The van der Waals surface area contributed by atoms with E-state index in [2.05, 4.69) is 48.4 Å². The highest BCUT2D eigenvalue weighted by Crippen LogP contribution is 2.63. The third-order valence-electron chi connectivity index (χ3n) is 8.95. The summed E-state index contributed by atoms with van der Waals surface area (Å²) in [5.74, 6) is 1.38. The van der Waals surface area contributed by atoms with Crippen LogP contribution < -0.4 is 5.32 Å². The molecular weight excluding hydrogens is 518 g/mol. The van der Waals surface area contributed by atoms with Gasteiger partial charge in [0.1, 0.15) is 12.4 Å². The van der Waals surface area contributed by atoms with Gasteiger partial charge in [-0.05, 0) is 67.6 Å². The number of hydrogen-bond acceptors (Lipinski definition) is 6. The summed E-state index contributed by atoms with van der Waals surface area (Å²) in [5, 5.41) is 14.2. The zero-order valence-electron chi connectivity index (χ0n) is 27.0. The Labute approximate surface area is 247 Å². The van der Waals surface area contributed by atoms with Gasteiger partial charge in [0.25, 0.3) is 12.4 Å². The van der Waals surface area contributed by atoms with Gasteiger partial charge in [-0.2, -0.15) is 0 Å². The van der Waals surface area contributed by atoms with Crippen molar-refractivity contribution in [3.05, 3.63) is 29.6 Å². The molecule has 2 bridgehead atoms. The summed E-state index contributed by atoms with van der Waals surface area (Å²) in [4.78, 5) is 27.1. The molecule has 41 heavy (non-hydrogen) atoms. The Morgan fingerprint density at radius 1 is 1.15 bits per heavy atom. The maximum atomic E-state index is 11.8. The lowest BCUT2D eigenvalue weighted by atomic mass is 9.43. The molecule has 1 aromatic carbocycles. The zero-order chi connectivity index (χ0) is 30.8. The molecule has 8 heteroatoms. The number of benzene rings is 1. The number of carbonyl (C=O) groups excluding carboxylic acids is 2. The van der Waals surface area contributed by atoms with E-state index in [1.165, 1.54) is 0 Å². The van der Waals surface area contributed by atoms with Gasteiger partial charge >= 0.3 is 0 Å². The molecule has 3 aliphatic rings. The Kier molecular flexibility index (Phi) is 13.3. The third-order valence-corrected chi connectivity index (χ3v) is 8.95. The summed E-state index contributed by atoms with van der Waals surface area (Å²) in [6.45, 7) is 19.6. The van der Waals surface area contributed by atoms with Crippen molar-refractivity contribution in [2.24, 2.45) is 17.3 Å². The topological polar surface area (TPSA) is 103 Å². The van der Waals surface area contributed by atoms with Crippen LogP contribution in [0.1, 0.15) is 118 Å². The van der Waals surface area contributed by atoms with Crippen LogP contribution in [0.15, 0.2) is 18.2 Å². The van der Waals surface area contributed by atoms with Gasteiger partial charge in [-0.15, -0.1) is 0 Å². The first-order valence-electron chi connectivity index (χ1n) is 15.8. The second kappa shape index (κ2) is 15.7. The van der Waals surface area contributed by atoms with E-state index in [0.717, 1.165) is 60.9 Å². The lowest BCUT2D eigenvalue weighted by molar-refractivity contribution is -0.260. The highest BCUT2D eigenvalue weighted by molar-refractivity contribution is 5.79. The van der Waals surface area contributed by atoms with Crippen LogP contribution in [0.4, 0.5) is 0 Å². The number of fused-ring (bicyclic) bond motifs is 3. The van der Waals surface area contributed by atoms with E-state index in [9.17, 15) is 14.7 Å². The van der Waals surface area contributed by atoms with Crippen LogP contribution in [0.2, 0.25) is 0 Å². The van der Waals surface area contributed by atoms with Gasteiger partial charge in [-0.25, -0.2) is 4.98 Å². The molecule has 1 heterocycles. The van der Waals surface area contributed by atoms with Crippen LogP contribution in [-0.4, -0.2) is 45.3 Å². The molecule has 0 spiro atoms.